The SMILES string of the molecule is COc1ccc(Cl)c2c1CCCC(=O)C2. The van der Waals surface area contributed by atoms with E-state index in [4.69, 9.17) is 16.3 Å². The fourth-order valence-corrected chi connectivity index (χ4v) is 2.29. The van der Waals surface area contributed by atoms with Gasteiger partial charge in [-0.05, 0) is 36.1 Å². The van der Waals surface area contributed by atoms with Gasteiger partial charge in [0.1, 0.15) is 11.5 Å². The minimum Gasteiger partial charge on any atom is -0.496 e. The molecule has 0 radical (unpaired) electrons. The molecule has 80 valence electrons. The predicted octanol–water partition coefficient (Wildman–Crippen LogP) is 2.80. The van der Waals surface area contributed by atoms with Gasteiger partial charge < -0.3 is 4.74 Å². The number of fused-ring (bicyclic) bond motifs is 1. The second-order valence-corrected chi connectivity index (χ2v) is 4.18. The summed E-state index contributed by atoms with van der Waals surface area (Å²) in [5, 5.41) is 0.682. The Kier molecular flexibility index (Phi) is 2.96. The van der Waals surface area contributed by atoms with Gasteiger partial charge in [-0.2, -0.15) is 0 Å². The summed E-state index contributed by atoms with van der Waals surface area (Å²) in [4.78, 5) is 11.5. The summed E-state index contributed by atoms with van der Waals surface area (Å²) in [7, 11) is 1.65. The molecule has 1 aromatic carbocycles. The molecule has 2 nitrogen and oxygen atoms in total. The molecule has 0 amide bonds. The van der Waals surface area contributed by atoms with Gasteiger partial charge in [-0.25, -0.2) is 0 Å². The van der Waals surface area contributed by atoms with E-state index in [1.165, 1.54) is 0 Å². The molecule has 0 unspecified atom stereocenters. The minimum absolute atomic E-state index is 0.268. The molecule has 0 atom stereocenters. The standard InChI is InChI=1S/C12H13ClO2/c1-15-12-6-5-11(13)10-7-8(14)3-2-4-9(10)12/h5-6H,2-4,7H2,1H3. The molecule has 3 heteroatoms. The summed E-state index contributed by atoms with van der Waals surface area (Å²) >= 11 is 6.10. The normalized spacial score (nSPS) is 15.7. The van der Waals surface area contributed by atoms with Crippen LogP contribution in [0.3, 0.4) is 0 Å². The van der Waals surface area contributed by atoms with E-state index in [0.717, 1.165) is 29.7 Å². The molecule has 15 heavy (non-hydrogen) atoms. The molecular formula is C12H13ClO2. The van der Waals surface area contributed by atoms with Crippen LogP contribution in [0.5, 0.6) is 5.75 Å². The van der Waals surface area contributed by atoms with Gasteiger partial charge in [-0.3, -0.25) is 4.79 Å². The van der Waals surface area contributed by atoms with Crippen LogP contribution in [0.4, 0.5) is 0 Å². The third-order valence-corrected chi connectivity index (χ3v) is 3.16. The molecular weight excluding hydrogens is 212 g/mol. The highest BCUT2D eigenvalue weighted by Gasteiger charge is 2.19. The highest BCUT2D eigenvalue weighted by molar-refractivity contribution is 6.31. The Morgan fingerprint density at radius 3 is 2.80 bits per heavy atom. The number of hydrogen-bond acceptors (Lipinski definition) is 2. The Labute approximate surface area is 94.2 Å². The van der Waals surface area contributed by atoms with Gasteiger partial charge in [0, 0.05) is 17.9 Å². The summed E-state index contributed by atoms with van der Waals surface area (Å²) in [5.41, 5.74) is 2.06. The molecule has 0 heterocycles. The number of carbonyl (C=O) groups is 1. The van der Waals surface area contributed by atoms with E-state index in [1.54, 1.807) is 13.2 Å². The Morgan fingerprint density at radius 2 is 2.07 bits per heavy atom. The van der Waals surface area contributed by atoms with Crippen molar-refractivity contribution < 1.29 is 9.53 Å². The Balaban J connectivity index is 2.52. The summed E-state index contributed by atoms with van der Waals surface area (Å²) < 4.78 is 5.29. The molecule has 1 aliphatic rings. The molecule has 0 N–H and O–H groups in total. The molecule has 1 aliphatic carbocycles. The number of methoxy groups -OCH3 is 1. The predicted molar refractivity (Wildman–Crippen MR) is 59.7 cm³/mol. The number of rotatable bonds is 1. The lowest BCUT2D eigenvalue weighted by molar-refractivity contribution is -0.118. The highest BCUT2D eigenvalue weighted by Crippen LogP contribution is 2.32. The molecule has 0 fully saturated rings. The van der Waals surface area contributed by atoms with Crippen molar-refractivity contribution in [3.8, 4) is 5.75 Å². The second-order valence-electron chi connectivity index (χ2n) is 3.78. The van der Waals surface area contributed by atoms with Crippen LogP contribution in [0.15, 0.2) is 12.1 Å². The maximum atomic E-state index is 11.5. The van der Waals surface area contributed by atoms with E-state index < -0.39 is 0 Å². The van der Waals surface area contributed by atoms with Crippen LogP contribution in [0.1, 0.15) is 24.0 Å². The summed E-state index contributed by atoms with van der Waals surface area (Å²) in [6.07, 6.45) is 2.87. The average Bonchev–Trinajstić information content (AvgIpc) is 2.41. The molecule has 0 spiro atoms. The zero-order valence-electron chi connectivity index (χ0n) is 8.68. The van der Waals surface area contributed by atoms with Crippen molar-refractivity contribution in [2.75, 3.05) is 7.11 Å². The maximum Gasteiger partial charge on any atom is 0.137 e. The fourth-order valence-electron chi connectivity index (χ4n) is 2.05. The molecule has 0 bridgehead atoms. The van der Waals surface area contributed by atoms with Crippen LogP contribution >= 0.6 is 11.6 Å². The van der Waals surface area contributed by atoms with E-state index in [-0.39, 0.29) is 5.78 Å². The van der Waals surface area contributed by atoms with Gasteiger partial charge in [0.05, 0.1) is 7.11 Å². The first-order valence-electron chi connectivity index (χ1n) is 5.08. The molecule has 0 saturated carbocycles. The number of halogens is 1. The lowest BCUT2D eigenvalue weighted by atomic mass is 10.0. The van der Waals surface area contributed by atoms with E-state index in [2.05, 4.69) is 0 Å². The minimum atomic E-state index is 0.268. The quantitative estimate of drug-likeness (QED) is 0.686. The van der Waals surface area contributed by atoms with E-state index in [9.17, 15) is 4.79 Å². The van der Waals surface area contributed by atoms with Crippen molar-refractivity contribution in [1.29, 1.82) is 0 Å². The van der Waals surface area contributed by atoms with Crippen LogP contribution in [0, 0.1) is 0 Å². The van der Waals surface area contributed by atoms with E-state index in [0.29, 0.717) is 17.9 Å². The first-order chi connectivity index (χ1) is 7.22. The number of hydrogen-bond donors (Lipinski definition) is 0. The Morgan fingerprint density at radius 1 is 1.27 bits per heavy atom. The number of ether oxygens (including phenoxy) is 1. The number of benzene rings is 1. The van der Waals surface area contributed by atoms with Crippen LogP contribution in [-0.4, -0.2) is 12.9 Å². The van der Waals surface area contributed by atoms with Crippen molar-refractivity contribution in [3.05, 3.63) is 28.3 Å². The van der Waals surface area contributed by atoms with E-state index >= 15 is 0 Å². The second kappa shape index (κ2) is 4.23. The number of Topliss-reactive ketones (excluding diaryl/α,β-unsaturated/α-hetero) is 1. The molecule has 1 aromatic rings. The van der Waals surface area contributed by atoms with Gasteiger partial charge in [-0.15, -0.1) is 0 Å². The largest absolute Gasteiger partial charge is 0.496 e. The third-order valence-electron chi connectivity index (χ3n) is 2.81. The maximum absolute atomic E-state index is 11.5. The van der Waals surface area contributed by atoms with Crippen molar-refractivity contribution in [3.63, 3.8) is 0 Å². The first kappa shape index (κ1) is 10.5. The van der Waals surface area contributed by atoms with Crippen LogP contribution in [0.25, 0.3) is 0 Å². The smallest absolute Gasteiger partial charge is 0.137 e. The number of ketones is 1. The zero-order chi connectivity index (χ0) is 10.8. The molecule has 2 rings (SSSR count). The van der Waals surface area contributed by atoms with Gasteiger partial charge in [0.2, 0.25) is 0 Å². The monoisotopic (exact) mass is 224 g/mol. The highest BCUT2D eigenvalue weighted by atomic mass is 35.5. The first-order valence-corrected chi connectivity index (χ1v) is 5.46. The van der Waals surface area contributed by atoms with E-state index in [1.807, 2.05) is 6.07 Å². The van der Waals surface area contributed by atoms with Gasteiger partial charge in [0.15, 0.2) is 0 Å². The molecule has 0 aromatic heterocycles. The summed E-state index contributed by atoms with van der Waals surface area (Å²) in [6, 6.07) is 3.68. The topological polar surface area (TPSA) is 26.3 Å². The van der Waals surface area contributed by atoms with Gasteiger partial charge >= 0.3 is 0 Å². The Hall–Kier alpha value is -1.02. The van der Waals surface area contributed by atoms with Crippen molar-refractivity contribution >= 4 is 17.4 Å². The molecule has 0 aliphatic heterocycles. The summed E-state index contributed by atoms with van der Waals surface area (Å²) in [5.74, 6) is 1.12. The van der Waals surface area contributed by atoms with Crippen LogP contribution in [-0.2, 0) is 17.6 Å². The molecule has 0 saturated heterocycles. The fraction of sp³-hybridized carbons (Fsp3) is 0.417. The summed E-state index contributed by atoms with van der Waals surface area (Å²) in [6.45, 7) is 0. The van der Waals surface area contributed by atoms with Gasteiger partial charge in [0.25, 0.3) is 0 Å². The van der Waals surface area contributed by atoms with Crippen molar-refractivity contribution in [2.45, 2.75) is 25.7 Å². The van der Waals surface area contributed by atoms with Gasteiger partial charge in [-0.1, -0.05) is 11.6 Å². The number of carbonyl (C=O) groups excluding carboxylic acids is 1. The van der Waals surface area contributed by atoms with Crippen LogP contribution < -0.4 is 4.74 Å². The van der Waals surface area contributed by atoms with Crippen molar-refractivity contribution in [1.82, 2.24) is 0 Å². The lowest BCUT2D eigenvalue weighted by Crippen LogP contribution is -2.02. The Bertz CT molecular complexity index is 399. The van der Waals surface area contributed by atoms with Crippen LogP contribution in [0.2, 0.25) is 5.02 Å². The van der Waals surface area contributed by atoms with Crippen molar-refractivity contribution in [2.24, 2.45) is 0 Å². The zero-order valence-corrected chi connectivity index (χ0v) is 9.43. The lowest BCUT2D eigenvalue weighted by Gasteiger charge is -2.12. The average molecular weight is 225 g/mol. The third kappa shape index (κ3) is 2.00.